The van der Waals surface area contributed by atoms with E-state index in [-0.39, 0.29) is 5.91 Å². The number of aryl methyl sites for hydroxylation is 2. The molecule has 0 bridgehead atoms. The quantitative estimate of drug-likeness (QED) is 0.702. The van der Waals surface area contributed by atoms with E-state index in [2.05, 4.69) is 15.5 Å². The highest BCUT2D eigenvalue weighted by molar-refractivity contribution is 5.98. The average Bonchev–Trinajstić information content (AvgIpc) is 2.96. The van der Waals surface area contributed by atoms with Gasteiger partial charge in [-0.05, 0) is 20.3 Å². The number of carbonyl (C=O) groups excluding carboxylic acids is 1. The van der Waals surface area contributed by atoms with Gasteiger partial charge in [-0.2, -0.15) is 5.10 Å². The Morgan fingerprint density at radius 2 is 2.12 bits per heavy atom. The fourth-order valence-corrected chi connectivity index (χ4v) is 1.71. The Morgan fingerprint density at radius 3 is 2.56 bits per heavy atom. The van der Waals surface area contributed by atoms with E-state index in [0.717, 1.165) is 5.69 Å². The fourth-order valence-electron chi connectivity index (χ4n) is 1.71. The van der Waals surface area contributed by atoms with E-state index in [1.165, 1.54) is 0 Å². The molecule has 1 heterocycles. The number of carboxylic acids is 1. The van der Waals surface area contributed by atoms with Crippen molar-refractivity contribution in [1.82, 2.24) is 10.2 Å². The summed E-state index contributed by atoms with van der Waals surface area (Å²) >= 11 is 0. The zero-order valence-corrected chi connectivity index (χ0v) is 9.07. The van der Waals surface area contributed by atoms with Gasteiger partial charge >= 0.3 is 5.97 Å². The molecule has 1 aromatic rings. The predicted molar refractivity (Wildman–Crippen MR) is 55.9 cm³/mol. The number of aromatic amines is 1. The molecule has 2 atom stereocenters. The second-order valence-electron chi connectivity index (χ2n) is 4.09. The molecule has 2 unspecified atom stereocenters. The Kier molecular flexibility index (Phi) is 2.41. The minimum Gasteiger partial charge on any atom is -0.481 e. The van der Waals surface area contributed by atoms with Gasteiger partial charge in [0, 0.05) is 0 Å². The van der Waals surface area contributed by atoms with Crippen LogP contribution in [0.3, 0.4) is 0 Å². The minimum absolute atomic E-state index is 0.236. The van der Waals surface area contributed by atoms with Gasteiger partial charge in [0.1, 0.15) is 0 Å². The highest BCUT2D eigenvalue weighted by atomic mass is 16.4. The van der Waals surface area contributed by atoms with Crippen molar-refractivity contribution < 1.29 is 14.7 Å². The van der Waals surface area contributed by atoms with E-state index in [0.29, 0.717) is 17.8 Å². The van der Waals surface area contributed by atoms with Gasteiger partial charge in [-0.15, -0.1) is 0 Å². The third kappa shape index (κ3) is 1.78. The van der Waals surface area contributed by atoms with Crippen LogP contribution in [0.1, 0.15) is 17.8 Å². The van der Waals surface area contributed by atoms with Crippen LogP contribution in [0.4, 0.5) is 5.69 Å². The largest absolute Gasteiger partial charge is 0.481 e. The molecular formula is C10H13N3O3. The second kappa shape index (κ2) is 3.62. The SMILES string of the molecule is Cc1n[nH]c(C)c1NC(=O)C1CC1C(=O)O. The summed E-state index contributed by atoms with van der Waals surface area (Å²) in [4.78, 5) is 22.3. The van der Waals surface area contributed by atoms with Crippen LogP contribution in [0.2, 0.25) is 0 Å². The molecule has 1 amide bonds. The third-order valence-electron chi connectivity index (χ3n) is 2.82. The van der Waals surface area contributed by atoms with Crippen LogP contribution in [0.15, 0.2) is 0 Å². The molecule has 1 fully saturated rings. The highest BCUT2D eigenvalue weighted by Crippen LogP contribution is 2.39. The van der Waals surface area contributed by atoms with Gasteiger partial charge in [-0.3, -0.25) is 14.7 Å². The first-order chi connectivity index (χ1) is 7.50. The molecule has 3 N–H and O–H groups in total. The number of anilines is 1. The first-order valence-electron chi connectivity index (χ1n) is 5.06. The Balaban J connectivity index is 2.02. The molecule has 1 aliphatic carbocycles. The molecule has 0 radical (unpaired) electrons. The van der Waals surface area contributed by atoms with Crippen molar-refractivity contribution in [1.29, 1.82) is 0 Å². The summed E-state index contributed by atoms with van der Waals surface area (Å²) in [7, 11) is 0. The van der Waals surface area contributed by atoms with Crippen molar-refractivity contribution in [3.05, 3.63) is 11.4 Å². The predicted octanol–water partition coefficient (Wildman–Crippen LogP) is 0.686. The summed E-state index contributed by atoms with van der Waals surface area (Å²) in [6.07, 6.45) is 0.428. The Bertz CT molecular complexity index is 433. The van der Waals surface area contributed by atoms with E-state index in [9.17, 15) is 9.59 Å². The van der Waals surface area contributed by atoms with Crippen LogP contribution >= 0.6 is 0 Å². The normalized spacial score (nSPS) is 22.9. The molecule has 0 spiro atoms. The summed E-state index contributed by atoms with van der Waals surface area (Å²) < 4.78 is 0. The molecule has 0 saturated heterocycles. The number of nitrogens with zero attached hydrogens (tertiary/aromatic N) is 1. The number of aliphatic carboxylic acids is 1. The van der Waals surface area contributed by atoms with E-state index >= 15 is 0 Å². The number of nitrogens with one attached hydrogen (secondary N) is 2. The molecule has 86 valence electrons. The number of hydrogen-bond acceptors (Lipinski definition) is 3. The van der Waals surface area contributed by atoms with E-state index in [4.69, 9.17) is 5.11 Å². The zero-order valence-electron chi connectivity index (χ0n) is 9.07. The standard InChI is InChI=1S/C10H13N3O3/c1-4-8(5(2)13-12-4)11-9(14)6-3-7(6)10(15)16/h6-7H,3H2,1-2H3,(H,11,14)(H,12,13)(H,15,16). The summed E-state index contributed by atoms with van der Waals surface area (Å²) in [5.74, 6) is -2.06. The first-order valence-corrected chi connectivity index (χ1v) is 5.06. The van der Waals surface area contributed by atoms with Crippen molar-refractivity contribution in [2.45, 2.75) is 20.3 Å². The molecule has 1 aliphatic rings. The lowest BCUT2D eigenvalue weighted by Crippen LogP contribution is -2.17. The van der Waals surface area contributed by atoms with Crippen LogP contribution in [0.25, 0.3) is 0 Å². The van der Waals surface area contributed by atoms with Gasteiger partial charge in [0.05, 0.1) is 28.9 Å². The van der Waals surface area contributed by atoms with Crippen molar-refractivity contribution in [3.63, 3.8) is 0 Å². The molecular weight excluding hydrogens is 210 g/mol. The molecule has 6 nitrogen and oxygen atoms in total. The highest BCUT2D eigenvalue weighted by Gasteiger charge is 2.48. The van der Waals surface area contributed by atoms with Crippen molar-refractivity contribution in [3.8, 4) is 0 Å². The lowest BCUT2D eigenvalue weighted by atomic mass is 10.2. The van der Waals surface area contributed by atoms with Crippen molar-refractivity contribution in [2.24, 2.45) is 11.8 Å². The van der Waals surface area contributed by atoms with Gasteiger partial charge in [-0.1, -0.05) is 0 Å². The minimum atomic E-state index is -0.902. The van der Waals surface area contributed by atoms with Crippen LogP contribution in [0, 0.1) is 25.7 Å². The van der Waals surface area contributed by atoms with Gasteiger partial charge in [-0.25, -0.2) is 0 Å². The number of amides is 1. The fraction of sp³-hybridized carbons (Fsp3) is 0.500. The van der Waals surface area contributed by atoms with Crippen LogP contribution in [0.5, 0.6) is 0 Å². The summed E-state index contributed by atoms with van der Waals surface area (Å²) in [5.41, 5.74) is 2.14. The van der Waals surface area contributed by atoms with E-state index in [1.807, 2.05) is 0 Å². The zero-order chi connectivity index (χ0) is 11.9. The van der Waals surface area contributed by atoms with Crippen molar-refractivity contribution in [2.75, 3.05) is 5.32 Å². The molecule has 1 aromatic heterocycles. The smallest absolute Gasteiger partial charge is 0.307 e. The average molecular weight is 223 g/mol. The Hall–Kier alpha value is -1.85. The number of H-pyrrole nitrogens is 1. The second-order valence-corrected chi connectivity index (χ2v) is 4.09. The molecule has 2 rings (SSSR count). The van der Waals surface area contributed by atoms with E-state index < -0.39 is 17.8 Å². The lowest BCUT2D eigenvalue weighted by molar-refractivity contribution is -0.139. The van der Waals surface area contributed by atoms with Gasteiger partial charge < -0.3 is 10.4 Å². The van der Waals surface area contributed by atoms with Crippen molar-refractivity contribution >= 4 is 17.6 Å². The number of aromatic nitrogens is 2. The Labute approximate surface area is 92.0 Å². The Morgan fingerprint density at radius 1 is 1.44 bits per heavy atom. The van der Waals surface area contributed by atoms with Gasteiger partial charge in [0.2, 0.25) is 5.91 Å². The van der Waals surface area contributed by atoms with E-state index in [1.54, 1.807) is 13.8 Å². The lowest BCUT2D eigenvalue weighted by Gasteiger charge is -2.03. The maximum Gasteiger partial charge on any atom is 0.307 e. The summed E-state index contributed by atoms with van der Waals surface area (Å²) in [6.45, 7) is 3.58. The first kappa shape index (κ1) is 10.7. The van der Waals surface area contributed by atoms with Crippen LogP contribution < -0.4 is 5.32 Å². The number of carboxylic acid groups (broad SMARTS) is 1. The molecule has 6 heteroatoms. The monoisotopic (exact) mass is 223 g/mol. The maximum atomic E-state index is 11.7. The number of carbonyl (C=O) groups is 2. The summed E-state index contributed by atoms with van der Waals surface area (Å²) in [6, 6.07) is 0. The molecule has 16 heavy (non-hydrogen) atoms. The maximum absolute atomic E-state index is 11.7. The summed E-state index contributed by atoms with van der Waals surface area (Å²) in [5, 5.41) is 18.1. The van der Waals surface area contributed by atoms with Crippen LogP contribution in [-0.2, 0) is 9.59 Å². The van der Waals surface area contributed by atoms with Gasteiger partial charge in [0.25, 0.3) is 0 Å². The van der Waals surface area contributed by atoms with Crippen LogP contribution in [-0.4, -0.2) is 27.2 Å². The third-order valence-corrected chi connectivity index (χ3v) is 2.82. The molecule has 0 aliphatic heterocycles. The van der Waals surface area contributed by atoms with Gasteiger partial charge in [0.15, 0.2) is 0 Å². The topological polar surface area (TPSA) is 95.1 Å². The molecule has 1 saturated carbocycles. The number of hydrogen-bond donors (Lipinski definition) is 3. The number of rotatable bonds is 3. The molecule has 0 aromatic carbocycles.